The van der Waals surface area contributed by atoms with Gasteiger partial charge >= 0.3 is 0 Å². The predicted octanol–water partition coefficient (Wildman–Crippen LogP) is 2.84. The van der Waals surface area contributed by atoms with Crippen LogP contribution in [0.5, 0.6) is 0 Å². The van der Waals surface area contributed by atoms with Gasteiger partial charge in [0.15, 0.2) is 5.65 Å². The molecule has 1 aliphatic rings. The summed E-state index contributed by atoms with van der Waals surface area (Å²) in [6.45, 7) is 8.65. The Morgan fingerprint density at radius 1 is 1.06 bits per heavy atom. The lowest BCUT2D eigenvalue weighted by molar-refractivity contribution is -0.129. The average molecular weight is 476 g/mol. The summed E-state index contributed by atoms with van der Waals surface area (Å²) in [5, 5.41) is 13.5. The Hall–Kier alpha value is -3.73. The van der Waals surface area contributed by atoms with Crippen LogP contribution in [0.3, 0.4) is 0 Å². The molecule has 0 saturated carbocycles. The highest BCUT2D eigenvalue weighted by atomic mass is 32.1. The molecule has 1 fully saturated rings. The van der Waals surface area contributed by atoms with Gasteiger partial charge in [0.1, 0.15) is 10.8 Å². The zero-order valence-corrected chi connectivity index (χ0v) is 20.1. The van der Waals surface area contributed by atoms with Crippen molar-refractivity contribution in [2.24, 2.45) is 0 Å². The van der Waals surface area contributed by atoms with Crippen LogP contribution in [-0.2, 0) is 11.3 Å². The summed E-state index contributed by atoms with van der Waals surface area (Å²) < 4.78 is 0. The maximum absolute atomic E-state index is 11.7. The molecule has 5 heterocycles. The molecule has 0 unspecified atom stereocenters. The Morgan fingerprint density at radius 2 is 1.88 bits per heavy atom. The topological polar surface area (TPSA) is 113 Å². The molecule has 1 saturated heterocycles. The van der Waals surface area contributed by atoms with E-state index in [0.29, 0.717) is 50.1 Å². The van der Waals surface area contributed by atoms with Crippen LogP contribution in [0.15, 0.2) is 30.6 Å². The molecule has 0 aromatic carbocycles. The molecule has 5 rings (SSSR count). The predicted molar refractivity (Wildman–Crippen MR) is 132 cm³/mol. The molecule has 34 heavy (non-hydrogen) atoms. The quantitative estimate of drug-likeness (QED) is 0.465. The first kappa shape index (κ1) is 22.1. The third-order valence-corrected chi connectivity index (χ3v) is 6.67. The van der Waals surface area contributed by atoms with Crippen molar-refractivity contribution in [2.45, 2.75) is 27.3 Å². The molecule has 174 valence electrons. The molecule has 10 nitrogen and oxygen atoms in total. The lowest BCUT2D eigenvalue weighted by Crippen LogP contribution is -2.48. The van der Waals surface area contributed by atoms with E-state index >= 15 is 0 Å². The third kappa shape index (κ3) is 4.65. The SMILES string of the molecule is CC(=O)N1CCN(c2nc(NCc3ccc(C)nn3)c3cc(-c4ncc(C)s4)cnc3n2)CC1. The highest BCUT2D eigenvalue weighted by molar-refractivity contribution is 7.14. The van der Waals surface area contributed by atoms with Crippen LogP contribution >= 0.6 is 11.3 Å². The molecule has 0 bridgehead atoms. The van der Waals surface area contributed by atoms with Crippen molar-refractivity contribution in [1.82, 2.24) is 35.0 Å². The van der Waals surface area contributed by atoms with Gasteiger partial charge in [-0.05, 0) is 32.0 Å². The van der Waals surface area contributed by atoms with Gasteiger partial charge in [-0.1, -0.05) is 0 Å². The number of aryl methyl sites for hydroxylation is 2. The Balaban J connectivity index is 1.50. The fourth-order valence-corrected chi connectivity index (χ4v) is 4.54. The Kier molecular flexibility index (Phi) is 6.01. The van der Waals surface area contributed by atoms with Crippen molar-refractivity contribution >= 4 is 40.0 Å². The van der Waals surface area contributed by atoms with Crippen molar-refractivity contribution in [3.05, 3.63) is 46.9 Å². The molecule has 1 N–H and O–H groups in total. The molecular weight excluding hydrogens is 450 g/mol. The molecular formula is C23H25N9OS. The smallest absolute Gasteiger partial charge is 0.229 e. The highest BCUT2D eigenvalue weighted by Gasteiger charge is 2.22. The van der Waals surface area contributed by atoms with Gasteiger partial charge in [0.2, 0.25) is 11.9 Å². The molecule has 4 aromatic heterocycles. The molecule has 0 aliphatic carbocycles. The number of hydrogen-bond acceptors (Lipinski definition) is 10. The van der Waals surface area contributed by atoms with Gasteiger partial charge in [0.05, 0.1) is 23.3 Å². The summed E-state index contributed by atoms with van der Waals surface area (Å²) in [6.07, 6.45) is 3.67. The fraction of sp³-hybridized carbons (Fsp3) is 0.348. The molecule has 11 heteroatoms. The number of hydrogen-bond donors (Lipinski definition) is 1. The number of thiazole rings is 1. The number of anilines is 2. The summed E-state index contributed by atoms with van der Waals surface area (Å²) in [6, 6.07) is 5.91. The second kappa shape index (κ2) is 9.26. The minimum absolute atomic E-state index is 0.0901. The first-order chi connectivity index (χ1) is 16.5. The number of carbonyl (C=O) groups is 1. The first-order valence-corrected chi connectivity index (χ1v) is 11.9. The standard InChI is InChI=1S/C23H25N9OS/c1-14-4-5-18(30-29-14)13-25-21-19-10-17(22-26-11-15(2)34-22)12-24-20(19)27-23(28-21)32-8-6-31(7-9-32)16(3)33/h4-5,10-12H,6-9,13H2,1-3H3,(H,24,25,27,28). The van der Waals surface area contributed by atoms with Crippen LogP contribution in [0.1, 0.15) is 23.2 Å². The van der Waals surface area contributed by atoms with Gasteiger partial charge < -0.3 is 15.1 Å². The minimum atomic E-state index is 0.0901. The van der Waals surface area contributed by atoms with Crippen molar-refractivity contribution in [1.29, 1.82) is 0 Å². The average Bonchev–Trinajstić information content (AvgIpc) is 3.29. The number of carbonyl (C=O) groups excluding carboxylic acids is 1. The van der Waals surface area contributed by atoms with E-state index in [9.17, 15) is 4.79 Å². The van der Waals surface area contributed by atoms with Gasteiger partial charge in [-0.2, -0.15) is 20.2 Å². The van der Waals surface area contributed by atoms with E-state index in [0.717, 1.165) is 32.2 Å². The number of nitrogens with zero attached hydrogens (tertiary/aromatic N) is 8. The number of amides is 1. The molecule has 4 aromatic rings. The second-order valence-electron chi connectivity index (χ2n) is 8.26. The van der Waals surface area contributed by atoms with E-state index in [1.54, 1.807) is 24.5 Å². The van der Waals surface area contributed by atoms with E-state index in [4.69, 9.17) is 9.97 Å². The largest absolute Gasteiger partial charge is 0.364 e. The van der Waals surface area contributed by atoms with Gasteiger partial charge in [-0.3, -0.25) is 4.79 Å². The van der Waals surface area contributed by atoms with Crippen molar-refractivity contribution in [2.75, 3.05) is 36.4 Å². The van der Waals surface area contributed by atoms with E-state index in [1.165, 1.54) is 0 Å². The molecule has 1 aliphatic heterocycles. The van der Waals surface area contributed by atoms with Crippen LogP contribution in [0.4, 0.5) is 11.8 Å². The van der Waals surface area contributed by atoms with Crippen LogP contribution < -0.4 is 10.2 Å². The van der Waals surface area contributed by atoms with Crippen molar-refractivity contribution in [3.63, 3.8) is 0 Å². The molecule has 1 amide bonds. The molecule has 0 atom stereocenters. The maximum atomic E-state index is 11.7. The normalized spacial score (nSPS) is 14.0. The molecule has 0 radical (unpaired) electrons. The molecule has 0 spiro atoms. The van der Waals surface area contributed by atoms with Crippen LogP contribution in [-0.4, -0.2) is 67.1 Å². The Bertz CT molecular complexity index is 1330. The summed E-state index contributed by atoms with van der Waals surface area (Å²) >= 11 is 1.62. The van der Waals surface area contributed by atoms with E-state index in [1.807, 2.05) is 43.1 Å². The number of piperazine rings is 1. The Labute approximate surface area is 201 Å². The van der Waals surface area contributed by atoms with Crippen molar-refractivity contribution < 1.29 is 4.79 Å². The van der Waals surface area contributed by atoms with E-state index in [-0.39, 0.29) is 5.91 Å². The number of rotatable bonds is 5. The van der Waals surface area contributed by atoms with Crippen LogP contribution in [0.25, 0.3) is 21.6 Å². The van der Waals surface area contributed by atoms with E-state index < -0.39 is 0 Å². The second-order valence-corrected chi connectivity index (χ2v) is 9.49. The number of nitrogens with one attached hydrogen (secondary N) is 1. The highest BCUT2D eigenvalue weighted by Crippen LogP contribution is 2.30. The third-order valence-electron chi connectivity index (χ3n) is 5.71. The minimum Gasteiger partial charge on any atom is -0.364 e. The van der Waals surface area contributed by atoms with Gasteiger partial charge in [0.25, 0.3) is 0 Å². The zero-order chi connectivity index (χ0) is 23.7. The monoisotopic (exact) mass is 475 g/mol. The fourth-order valence-electron chi connectivity index (χ4n) is 3.80. The Morgan fingerprint density at radius 3 is 2.56 bits per heavy atom. The summed E-state index contributed by atoms with van der Waals surface area (Å²) in [5.41, 5.74) is 3.22. The van der Waals surface area contributed by atoms with Gasteiger partial charge in [-0.25, -0.2) is 9.97 Å². The van der Waals surface area contributed by atoms with E-state index in [2.05, 4.69) is 30.4 Å². The first-order valence-electron chi connectivity index (χ1n) is 11.1. The number of fused-ring (bicyclic) bond motifs is 1. The number of aromatic nitrogens is 6. The van der Waals surface area contributed by atoms with Crippen LogP contribution in [0.2, 0.25) is 0 Å². The summed E-state index contributed by atoms with van der Waals surface area (Å²) in [4.78, 5) is 35.5. The summed E-state index contributed by atoms with van der Waals surface area (Å²) in [5.74, 6) is 1.37. The zero-order valence-electron chi connectivity index (χ0n) is 19.3. The van der Waals surface area contributed by atoms with Crippen molar-refractivity contribution in [3.8, 4) is 10.6 Å². The maximum Gasteiger partial charge on any atom is 0.229 e. The van der Waals surface area contributed by atoms with Crippen LogP contribution in [0, 0.1) is 13.8 Å². The van der Waals surface area contributed by atoms with Gasteiger partial charge in [0, 0.05) is 55.9 Å². The number of pyridine rings is 1. The lowest BCUT2D eigenvalue weighted by atomic mass is 10.2. The van der Waals surface area contributed by atoms with Gasteiger partial charge in [-0.15, -0.1) is 11.3 Å². The summed E-state index contributed by atoms with van der Waals surface area (Å²) in [7, 11) is 0. The lowest BCUT2D eigenvalue weighted by Gasteiger charge is -2.34.